The number of carbonyl (C=O) groups excluding carboxylic acids is 1. The number of amides is 1. The lowest BCUT2D eigenvalue weighted by Gasteiger charge is -2.17. The Morgan fingerprint density at radius 3 is 2.78 bits per heavy atom. The van der Waals surface area contributed by atoms with Gasteiger partial charge in [-0.3, -0.25) is 10.2 Å². The van der Waals surface area contributed by atoms with E-state index in [1.54, 1.807) is 0 Å². The molecule has 2 rings (SSSR count). The molecule has 1 aromatic carbocycles. The Hall–Kier alpha value is -1.39. The molecule has 0 unspecified atom stereocenters. The van der Waals surface area contributed by atoms with Crippen molar-refractivity contribution in [2.24, 2.45) is 0 Å². The molecule has 1 amide bonds. The summed E-state index contributed by atoms with van der Waals surface area (Å²) in [5, 5.41) is 0. The van der Waals surface area contributed by atoms with Crippen molar-refractivity contribution in [1.29, 1.82) is 0 Å². The van der Waals surface area contributed by atoms with E-state index < -0.39 is 0 Å². The van der Waals surface area contributed by atoms with Crippen molar-refractivity contribution in [3.8, 4) is 0 Å². The van der Waals surface area contributed by atoms with E-state index in [0.29, 0.717) is 11.6 Å². The molecule has 4 nitrogen and oxygen atoms in total. The maximum absolute atomic E-state index is 11.9. The number of hydrogen-bond acceptors (Lipinski definition) is 3. The Labute approximate surface area is 108 Å². The molecule has 1 aromatic rings. The lowest BCUT2D eigenvalue weighted by Crippen LogP contribution is -2.44. The average Bonchev–Trinajstić information content (AvgIpc) is 2.62. The van der Waals surface area contributed by atoms with Crippen molar-refractivity contribution in [3.05, 3.63) is 35.9 Å². The smallest absolute Gasteiger partial charge is 0.265 e. The van der Waals surface area contributed by atoms with Crippen molar-refractivity contribution < 1.29 is 4.79 Å². The molecule has 4 heteroatoms. The Morgan fingerprint density at radius 2 is 2.00 bits per heavy atom. The van der Waals surface area contributed by atoms with Crippen molar-refractivity contribution in [3.63, 3.8) is 0 Å². The van der Waals surface area contributed by atoms with Gasteiger partial charge in [-0.15, -0.1) is 0 Å². The van der Waals surface area contributed by atoms with Crippen LogP contribution in [0.1, 0.15) is 29.6 Å². The second kappa shape index (κ2) is 6.52. The van der Waals surface area contributed by atoms with Crippen LogP contribution >= 0.6 is 0 Å². The molecule has 0 spiro atoms. The van der Waals surface area contributed by atoms with E-state index in [9.17, 15) is 4.79 Å². The molecular weight excluding hydrogens is 226 g/mol. The molecule has 2 N–H and O–H groups in total. The molecule has 1 aliphatic heterocycles. The van der Waals surface area contributed by atoms with Crippen LogP contribution < -0.4 is 10.9 Å². The quantitative estimate of drug-likeness (QED) is 0.794. The predicted octanol–water partition coefficient (Wildman–Crippen LogP) is 1.41. The minimum absolute atomic E-state index is 0.0619. The fraction of sp³-hybridized carbons (Fsp3) is 0.500. The normalized spacial score (nSPS) is 21.3. The molecule has 0 radical (unpaired) electrons. The van der Waals surface area contributed by atoms with Gasteiger partial charge in [-0.1, -0.05) is 18.2 Å². The van der Waals surface area contributed by atoms with E-state index in [4.69, 9.17) is 0 Å². The molecule has 98 valence electrons. The van der Waals surface area contributed by atoms with Gasteiger partial charge in [-0.05, 0) is 51.5 Å². The molecular formula is C14H21N3O. The molecule has 18 heavy (non-hydrogen) atoms. The minimum Gasteiger partial charge on any atom is -0.306 e. The summed E-state index contributed by atoms with van der Waals surface area (Å²) in [5.74, 6) is -0.0619. The first kappa shape index (κ1) is 13.1. The Balaban J connectivity index is 1.79. The topological polar surface area (TPSA) is 44.4 Å². The van der Waals surface area contributed by atoms with Crippen LogP contribution in [0.25, 0.3) is 0 Å². The van der Waals surface area contributed by atoms with Gasteiger partial charge in [0.05, 0.1) is 0 Å². The number of nitrogens with one attached hydrogen (secondary N) is 2. The molecule has 0 aliphatic carbocycles. The Kier molecular flexibility index (Phi) is 4.73. The molecule has 0 saturated carbocycles. The summed E-state index contributed by atoms with van der Waals surface area (Å²) >= 11 is 0. The van der Waals surface area contributed by atoms with Crippen molar-refractivity contribution in [2.45, 2.75) is 25.3 Å². The van der Waals surface area contributed by atoms with Crippen LogP contribution in [0, 0.1) is 0 Å². The maximum atomic E-state index is 11.9. The number of carbonyl (C=O) groups is 1. The van der Waals surface area contributed by atoms with Gasteiger partial charge in [0.2, 0.25) is 0 Å². The summed E-state index contributed by atoms with van der Waals surface area (Å²) in [4.78, 5) is 14.2. The van der Waals surface area contributed by atoms with Crippen LogP contribution in [0.3, 0.4) is 0 Å². The Morgan fingerprint density at radius 1 is 1.22 bits per heavy atom. The highest BCUT2D eigenvalue weighted by atomic mass is 16.2. The largest absolute Gasteiger partial charge is 0.306 e. The van der Waals surface area contributed by atoms with Crippen LogP contribution in [0.5, 0.6) is 0 Å². The zero-order chi connectivity index (χ0) is 12.8. The van der Waals surface area contributed by atoms with Crippen LogP contribution in [-0.4, -0.2) is 37.0 Å². The van der Waals surface area contributed by atoms with Crippen LogP contribution in [-0.2, 0) is 0 Å². The number of hydrogen-bond donors (Lipinski definition) is 2. The zero-order valence-corrected chi connectivity index (χ0v) is 10.9. The highest BCUT2D eigenvalue weighted by molar-refractivity contribution is 5.93. The predicted molar refractivity (Wildman–Crippen MR) is 72.2 cm³/mol. The van der Waals surface area contributed by atoms with Crippen molar-refractivity contribution in [1.82, 2.24) is 15.8 Å². The fourth-order valence-electron chi connectivity index (χ4n) is 2.21. The summed E-state index contributed by atoms with van der Waals surface area (Å²) in [7, 11) is 2.14. The monoisotopic (exact) mass is 247 g/mol. The van der Waals surface area contributed by atoms with Gasteiger partial charge in [-0.25, -0.2) is 5.43 Å². The lowest BCUT2D eigenvalue weighted by molar-refractivity contribution is 0.0923. The fourth-order valence-corrected chi connectivity index (χ4v) is 2.21. The van der Waals surface area contributed by atoms with Gasteiger partial charge >= 0.3 is 0 Å². The third-order valence-electron chi connectivity index (χ3n) is 3.38. The second-order valence-corrected chi connectivity index (χ2v) is 4.90. The first-order chi connectivity index (χ1) is 8.75. The molecule has 0 aromatic heterocycles. The van der Waals surface area contributed by atoms with Gasteiger partial charge in [0, 0.05) is 11.6 Å². The number of likely N-dealkylation sites (tertiary alicyclic amines) is 1. The van der Waals surface area contributed by atoms with Crippen LogP contribution in [0.15, 0.2) is 30.3 Å². The maximum Gasteiger partial charge on any atom is 0.265 e. The summed E-state index contributed by atoms with van der Waals surface area (Å²) in [6, 6.07) is 9.66. The molecule has 1 atom stereocenters. The standard InChI is InChI=1S/C14H21N3O/c1-17-10-5-8-13(9-11-17)15-16-14(18)12-6-3-2-4-7-12/h2-4,6-7,13,15H,5,8-11H2,1H3,(H,16,18)/t13-/m1/s1. The summed E-state index contributed by atoms with van der Waals surface area (Å²) in [6.07, 6.45) is 3.36. The molecule has 1 aliphatic rings. The minimum atomic E-state index is -0.0619. The van der Waals surface area contributed by atoms with E-state index in [-0.39, 0.29) is 5.91 Å². The second-order valence-electron chi connectivity index (χ2n) is 4.90. The van der Waals surface area contributed by atoms with Crippen LogP contribution in [0.4, 0.5) is 0 Å². The van der Waals surface area contributed by atoms with Crippen molar-refractivity contribution >= 4 is 5.91 Å². The van der Waals surface area contributed by atoms with Gasteiger partial charge in [0.15, 0.2) is 0 Å². The van der Waals surface area contributed by atoms with Crippen molar-refractivity contribution in [2.75, 3.05) is 20.1 Å². The van der Waals surface area contributed by atoms with Gasteiger partial charge in [0.1, 0.15) is 0 Å². The Bertz CT molecular complexity index is 380. The van der Waals surface area contributed by atoms with Crippen LogP contribution in [0.2, 0.25) is 0 Å². The third-order valence-corrected chi connectivity index (χ3v) is 3.38. The van der Waals surface area contributed by atoms with Gasteiger partial charge < -0.3 is 4.90 Å². The summed E-state index contributed by atoms with van der Waals surface area (Å²) in [5.41, 5.74) is 6.65. The first-order valence-electron chi connectivity index (χ1n) is 6.55. The highest BCUT2D eigenvalue weighted by Crippen LogP contribution is 2.08. The summed E-state index contributed by atoms with van der Waals surface area (Å²) in [6.45, 7) is 2.23. The van der Waals surface area contributed by atoms with E-state index in [1.807, 2.05) is 30.3 Å². The zero-order valence-electron chi connectivity index (χ0n) is 10.9. The molecule has 1 heterocycles. The molecule has 1 fully saturated rings. The van der Waals surface area contributed by atoms with E-state index in [0.717, 1.165) is 25.9 Å². The SMILES string of the molecule is CN1CCC[C@@H](NNC(=O)c2ccccc2)CC1. The highest BCUT2D eigenvalue weighted by Gasteiger charge is 2.15. The van der Waals surface area contributed by atoms with E-state index in [2.05, 4.69) is 22.8 Å². The molecule has 1 saturated heterocycles. The average molecular weight is 247 g/mol. The van der Waals surface area contributed by atoms with E-state index >= 15 is 0 Å². The number of rotatable bonds is 3. The van der Waals surface area contributed by atoms with Gasteiger partial charge in [-0.2, -0.15) is 0 Å². The van der Waals surface area contributed by atoms with Gasteiger partial charge in [0.25, 0.3) is 5.91 Å². The number of hydrazine groups is 1. The number of nitrogens with zero attached hydrogens (tertiary/aromatic N) is 1. The number of benzene rings is 1. The lowest BCUT2D eigenvalue weighted by atomic mass is 10.1. The third kappa shape index (κ3) is 3.82. The van der Waals surface area contributed by atoms with E-state index in [1.165, 1.54) is 6.42 Å². The summed E-state index contributed by atoms with van der Waals surface area (Å²) < 4.78 is 0. The molecule has 0 bridgehead atoms. The first-order valence-corrected chi connectivity index (χ1v) is 6.55.